The van der Waals surface area contributed by atoms with E-state index in [9.17, 15) is 0 Å². The Morgan fingerprint density at radius 1 is 1.53 bits per heavy atom. The van der Waals surface area contributed by atoms with E-state index in [1.807, 2.05) is 6.92 Å². The van der Waals surface area contributed by atoms with Gasteiger partial charge in [0.25, 0.3) is 0 Å². The predicted molar refractivity (Wildman–Crippen MR) is 59.5 cm³/mol. The summed E-state index contributed by atoms with van der Waals surface area (Å²) >= 11 is 3.27. The highest BCUT2D eigenvalue weighted by Crippen LogP contribution is 2.21. The van der Waals surface area contributed by atoms with Crippen molar-refractivity contribution in [3.05, 3.63) is 10.7 Å². The Morgan fingerprint density at radius 3 is 3.00 bits per heavy atom. The molecule has 0 radical (unpaired) electrons. The summed E-state index contributed by atoms with van der Waals surface area (Å²) in [6.07, 6.45) is 1.57. The summed E-state index contributed by atoms with van der Waals surface area (Å²) in [6, 6.07) is 0. The predicted octanol–water partition coefficient (Wildman–Crippen LogP) is 0.940. The molecule has 1 heterocycles. The van der Waals surface area contributed by atoms with Crippen molar-refractivity contribution in [2.75, 3.05) is 25.2 Å². The van der Waals surface area contributed by atoms with Crippen molar-refractivity contribution in [2.24, 2.45) is 5.84 Å². The molecule has 0 saturated heterocycles. The van der Waals surface area contributed by atoms with Gasteiger partial charge >= 0.3 is 0 Å². The normalized spacial score (nSPS) is 10.1. The van der Waals surface area contributed by atoms with E-state index in [-0.39, 0.29) is 0 Å². The van der Waals surface area contributed by atoms with E-state index in [4.69, 9.17) is 15.3 Å². The molecule has 0 bridgehead atoms. The Bertz CT molecular complexity index is 311. The first-order valence-corrected chi connectivity index (χ1v) is 5.27. The average molecular weight is 277 g/mol. The van der Waals surface area contributed by atoms with Crippen LogP contribution in [0.2, 0.25) is 0 Å². The van der Waals surface area contributed by atoms with E-state index in [1.165, 1.54) is 0 Å². The number of anilines is 1. The van der Waals surface area contributed by atoms with E-state index in [2.05, 4.69) is 31.3 Å². The van der Waals surface area contributed by atoms with Crippen LogP contribution in [-0.2, 0) is 4.74 Å². The number of nitrogens with zero attached hydrogens (tertiary/aromatic N) is 2. The van der Waals surface area contributed by atoms with Crippen LogP contribution in [0.15, 0.2) is 10.7 Å². The third-order valence-corrected chi connectivity index (χ3v) is 2.06. The van der Waals surface area contributed by atoms with Gasteiger partial charge in [0.2, 0.25) is 11.8 Å². The summed E-state index contributed by atoms with van der Waals surface area (Å²) < 4.78 is 11.2. The van der Waals surface area contributed by atoms with Crippen molar-refractivity contribution < 1.29 is 9.47 Å². The molecule has 1 rings (SSSR count). The second-order valence-corrected chi connectivity index (χ2v) is 3.39. The molecule has 0 unspecified atom stereocenters. The van der Waals surface area contributed by atoms with Crippen molar-refractivity contribution in [3.8, 4) is 5.88 Å². The number of hydrogen-bond donors (Lipinski definition) is 2. The Morgan fingerprint density at radius 2 is 2.33 bits per heavy atom. The number of rotatable bonds is 6. The zero-order chi connectivity index (χ0) is 11.1. The standard InChI is InChI=1S/C8H13BrN4O2/c1-2-14-3-4-15-7-6(9)5-11-8(12-7)13-10/h5H,2-4,10H2,1H3,(H,11,12,13). The molecule has 0 spiro atoms. The first-order valence-electron chi connectivity index (χ1n) is 4.47. The van der Waals surface area contributed by atoms with Gasteiger partial charge in [0.05, 0.1) is 17.3 Å². The fraction of sp³-hybridized carbons (Fsp3) is 0.500. The Hall–Kier alpha value is -0.920. The van der Waals surface area contributed by atoms with E-state index >= 15 is 0 Å². The quantitative estimate of drug-likeness (QED) is 0.457. The molecule has 0 aliphatic carbocycles. The van der Waals surface area contributed by atoms with Gasteiger partial charge in [-0.15, -0.1) is 0 Å². The maximum atomic E-state index is 5.36. The summed E-state index contributed by atoms with van der Waals surface area (Å²) in [5.74, 6) is 5.93. The number of aromatic nitrogens is 2. The Labute approximate surface area is 96.3 Å². The summed E-state index contributed by atoms with van der Waals surface area (Å²) in [6.45, 7) is 3.56. The van der Waals surface area contributed by atoms with E-state index in [0.717, 1.165) is 0 Å². The van der Waals surface area contributed by atoms with Crippen LogP contribution in [0.5, 0.6) is 5.88 Å². The van der Waals surface area contributed by atoms with Gasteiger partial charge in [-0.2, -0.15) is 4.98 Å². The molecule has 0 atom stereocenters. The number of nitrogen functional groups attached to an aromatic ring is 1. The van der Waals surface area contributed by atoms with Crippen molar-refractivity contribution >= 4 is 21.9 Å². The molecule has 0 saturated carbocycles. The van der Waals surface area contributed by atoms with Gasteiger partial charge in [0.1, 0.15) is 6.61 Å². The first-order chi connectivity index (χ1) is 7.27. The van der Waals surface area contributed by atoms with Crippen LogP contribution in [0.1, 0.15) is 6.92 Å². The number of halogens is 1. The molecular formula is C8H13BrN4O2. The van der Waals surface area contributed by atoms with E-state index in [0.29, 0.717) is 36.1 Å². The van der Waals surface area contributed by atoms with E-state index in [1.54, 1.807) is 6.20 Å². The summed E-state index contributed by atoms with van der Waals surface area (Å²) in [5, 5.41) is 0. The smallest absolute Gasteiger partial charge is 0.240 e. The lowest BCUT2D eigenvalue weighted by Gasteiger charge is -2.07. The van der Waals surface area contributed by atoms with Crippen LogP contribution >= 0.6 is 15.9 Å². The molecule has 0 aromatic carbocycles. The van der Waals surface area contributed by atoms with Crippen molar-refractivity contribution in [1.29, 1.82) is 0 Å². The minimum absolute atomic E-state index is 0.310. The summed E-state index contributed by atoms with van der Waals surface area (Å²) in [4.78, 5) is 7.91. The lowest BCUT2D eigenvalue weighted by molar-refractivity contribution is 0.108. The van der Waals surface area contributed by atoms with Gasteiger partial charge in [-0.25, -0.2) is 10.8 Å². The van der Waals surface area contributed by atoms with Crippen LogP contribution in [0.25, 0.3) is 0 Å². The highest BCUT2D eigenvalue weighted by Gasteiger charge is 2.05. The monoisotopic (exact) mass is 276 g/mol. The Kier molecular flexibility index (Phi) is 5.30. The summed E-state index contributed by atoms with van der Waals surface area (Å²) in [5.41, 5.74) is 2.34. The molecule has 84 valence electrons. The van der Waals surface area contributed by atoms with Crippen LogP contribution in [-0.4, -0.2) is 29.8 Å². The molecule has 1 aromatic heterocycles. The largest absolute Gasteiger partial charge is 0.474 e. The average Bonchev–Trinajstić information content (AvgIpc) is 2.26. The maximum Gasteiger partial charge on any atom is 0.240 e. The van der Waals surface area contributed by atoms with Crippen molar-refractivity contribution in [3.63, 3.8) is 0 Å². The number of hydrazine groups is 1. The molecule has 0 amide bonds. The number of hydrogen-bond acceptors (Lipinski definition) is 6. The highest BCUT2D eigenvalue weighted by molar-refractivity contribution is 9.10. The van der Waals surface area contributed by atoms with Gasteiger partial charge in [0.15, 0.2) is 0 Å². The molecule has 0 fully saturated rings. The third kappa shape index (κ3) is 3.98. The minimum Gasteiger partial charge on any atom is -0.474 e. The Balaban J connectivity index is 2.51. The first kappa shape index (κ1) is 12.2. The molecular weight excluding hydrogens is 264 g/mol. The van der Waals surface area contributed by atoms with Crippen LogP contribution in [0.4, 0.5) is 5.95 Å². The fourth-order valence-electron chi connectivity index (χ4n) is 0.864. The molecule has 6 nitrogen and oxygen atoms in total. The highest BCUT2D eigenvalue weighted by atomic mass is 79.9. The molecule has 0 aliphatic rings. The molecule has 0 aliphatic heterocycles. The molecule has 15 heavy (non-hydrogen) atoms. The van der Waals surface area contributed by atoms with Gasteiger partial charge in [-0.3, -0.25) is 5.43 Å². The second kappa shape index (κ2) is 6.54. The van der Waals surface area contributed by atoms with Crippen molar-refractivity contribution in [1.82, 2.24) is 9.97 Å². The SMILES string of the molecule is CCOCCOc1nc(NN)ncc1Br. The van der Waals surface area contributed by atoms with Gasteiger partial charge in [0, 0.05) is 6.61 Å². The van der Waals surface area contributed by atoms with E-state index < -0.39 is 0 Å². The zero-order valence-electron chi connectivity index (χ0n) is 8.36. The van der Waals surface area contributed by atoms with Crippen LogP contribution in [0, 0.1) is 0 Å². The van der Waals surface area contributed by atoms with Gasteiger partial charge in [-0.1, -0.05) is 0 Å². The number of nitrogens with two attached hydrogens (primary N) is 1. The van der Waals surface area contributed by atoms with Gasteiger partial charge in [-0.05, 0) is 22.9 Å². The molecule has 7 heteroatoms. The fourth-order valence-corrected chi connectivity index (χ4v) is 1.17. The lowest BCUT2D eigenvalue weighted by Crippen LogP contribution is -2.12. The van der Waals surface area contributed by atoms with Crippen molar-refractivity contribution in [2.45, 2.75) is 6.92 Å². The summed E-state index contributed by atoms with van der Waals surface area (Å²) in [7, 11) is 0. The molecule has 3 N–H and O–H groups in total. The van der Waals surface area contributed by atoms with Gasteiger partial charge < -0.3 is 9.47 Å². The lowest BCUT2D eigenvalue weighted by atomic mass is 10.6. The third-order valence-electron chi connectivity index (χ3n) is 1.51. The number of ether oxygens (including phenoxy) is 2. The van der Waals surface area contributed by atoms with Crippen LogP contribution in [0.3, 0.4) is 0 Å². The second-order valence-electron chi connectivity index (χ2n) is 2.54. The number of nitrogens with one attached hydrogen (secondary N) is 1. The minimum atomic E-state index is 0.310. The van der Waals surface area contributed by atoms with Crippen LogP contribution < -0.4 is 16.0 Å². The maximum absolute atomic E-state index is 5.36. The molecule has 1 aromatic rings. The zero-order valence-corrected chi connectivity index (χ0v) is 9.95. The topological polar surface area (TPSA) is 82.3 Å².